The largest absolute Gasteiger partial charge is 0.486 e. The fourth-order valence-corrected chi connectivity index (χ4v) is 3.61. The second-order valence-corrected chi connectivity index (χ2v) is 8.14. The Balaban J connectivity index is 1.27. The summed E-state index contributed by atoms with van der Waals surface area (Å²) in [7, 11) is 1.29. The van der Waals surface area contributed by atoms with Crippen LogP contribution in [0.15, 0.2) is 82.3 Å². The van der Waals surface area contributed by atoms with E-state index in [4.69, 9.17) is 13.9 Å². The quantitative estimate of drug-likeness (QED) is 0.194. The molecular formula is C28H27N3O6. The number of benzene rings is 2. The number of carbonyl (C=O) groups is 2. The summed E-state index contributed by atoms with van der Waals surface area (Å²) in [6.07, 6.45) is 1.45. The number of esters is 1. The molecule has 2 aromatic heterocycles. The number of hydrogen-bond acceptors (Lipinski definition) is 7. The number of hydrazone groups is 1. The molecule has 9 heteroatoms. The summed E-state index contributed by atoms with van der Waals surface area (Å²) < 4.78 is 23.4. The fourth-order valence-electron chi connectivity index (χ4n) is 3.61. The van der Waals surface area contributed by atoms with E-state index in [1.54, 1.807) is 36.4 Å². The summed E-state index contributed by atoms with van der Waals surface area (Å²) in [5.41, 5.74) is 6.48. The molecule has 0 aliphatic carbocycles. The molecule has 37 heavy (non-hydrogen) atoms. The molecule has 0 fully saturated rings. The van der Waals surface area contributed by atoms with Crippen LogP contribution in [0.25, 0.3) is 5.69 Å². The summed E-state index contributed by atoms with van der Waals surface area (Å²) >= 11 is 0. The van der Waals surface area contributed by atoms with Gasteiger partial charge in [0.15, 0.2) is 12.4 Å². The van der Waals surface area contributed by atoms with Crippen LogP contribution in [0.2, 0.25) is 0 Å². The number of furan rings is 1. The van der Waals surface area contributed by atoms with Crippen molar-refractivity contribution in [1.29, 1.82) is 0 Å². The molecule has 4 rings (SSSR count). The highest BCUT2D eigenvalue weighted by atomic mass is 16.6. The number of nitrogens with one attached hydrogen (secondary N) is 1. The van der Waals surface area contributed by atoms with Crippen LogP contribution in [0.4, 0.5) is 0 Å². The molecule has 2 heterocycles. The zero-order valence-electron chi connectivity index (χ0n) is 20.8. The average molecular weight is 502 g/mol. The molecule has 4 aromatic rings. The Morgan fingerprint density at radius 3 is 2.43 bits per heavy atom. The van der Waals surface area contributed by atoms with Crippen molar-refractivity contribution in [3.8, 4) is 17.2 Å². The predicted molar refractivity (Wildman–Crippen MR) is 137 cm³/mol. The van der Waals surface area contributed by atoms with Gasteiger partial charge in [0, 0.05) is 17.1 Å². The van der Waals surface area contributed by atoms with Crippen molar-refractivity contribution < 1.29 is 28.2 Å². The van der Waals surface area contributed by atoms with Crippen LogP contribution in [0.1, 0.15) is 33.3 Å². The van der Waals surface area contributed by atoms with Gasteiger partial charge in [-0.25, -0.2) is 10.2 Å². The second kappa shape index (κ2) is 11.8. The van der Waals surface area contributed by atoms with Crippen molar-refractivity contribution in [1.82, 2.24) is 9.99 Å². The van der Waals surface area contributed by atoms with Crippen LogP contribution >= 0.6 is 0 Å². The van der Waals surface area contributed by atoms with Gasteiger partial charge in [-0.05, 0) is 80.1 Å². The van der Waals surface area contributed by atoms with Crippen molar-refractivity contribution in [2.45, 2.75) is 20.5 Å². The standard InChI is InChI=1S/C28H27N3O6/c1-19-7-8-20(2)31(19)22-9-11-23(12-10-22)35-17-25-13-14-26(37-25)28(33)30-29-16-21-5-4-6-24(15-21)36-18-27(32)34-3/h4-16H,17-18H2,1-3H3,(H,30,33)/b29-16+. The third kappa shape index (κ3) is 6.66. The van der Waals surface area contributed by atoms with Crippen LogP contribution < -0.4 is 14.9 Å². The minimum atomic E-state index is -0.498. The molecule has 0 saturated carbocycles. The zero-order valence-corrected chi connectivity index (χ0v) is 20.8. The number of ether oxygens (including phenoxy) is 3. The van der Waals surface area contributed by atoms with Gasteiger partial charge < -0.3 is 23.2 Å². The number of aryl methyl sites for hydroxylation is 2. The molecule has 1 N–H and O–H groups in total. The van der Waals surface area contributed by atoms with Crippen molar-refractivity contribution in [3.63, 3.8) is 0 Å². The molecule has 0 unspecified atom stereocenters. The summed E-state index contributed by atoms with van der Waals surface area (Å²) in [5, 5.41) is 3.95. The van der Waals surface area contributed by atoms with Gasteiger partial charge in [0.2, 0.25) is 0 Å². The maximum Gasteiger partial charge on any atom is 0.343 e. The molecule has 0 aliphatic rings. The van der Waals surface area contributed by atoms with E-state index in [0.717, 1.165) is 17.1 Å². The van der Waals surface area contributed by atoms with Gasteiger partial charge in [-0.15, -0.1) is 0 Å². The first-order chi connectivity index (χ1) is 17.9. The monoisotopic (exact) mass is 501 g/mol. The Kier molecular flexibility index (Phi) is 8.05. The molecular weight excluding hydrogens is 474 g/mol. The number of aromatic nitrogens is 1. The van der Waals surface area contributed by atoms with Gasteiger partial charge in [-0.2, -0.15) is 5.10 Å². The first kappa shape index (κ1) is 25.3. The van der Waals surface area contributed by atoms with Crippen molar-refractivity contribution >= 4 is 18.1 Å². The van der Waals surface area contributed by atoms with Crippen LogP contribution in [-0.4, -0.2) is 36.4 Å². The average Bonchev–Trinajstić information content (AvgIpc) is 3.52. The molecule has 0 radical (unpaired) electrons. The highest BCUT2D eigenvalue weighted by Gasteiger charge is 2.11. The lowest BCUT2D eigenvalue weighted by atomic mass is 10.2. The number of methoxy groups -OCH3 is 1. The van der Waals surface area contributed by atoms with Gasteiger partial charge in [0.1, 0.15) is 23.9 Å². The van der Waals surface area contributed by atoms with Crippen molar-refractivity contribution in [2.75, 3.05) is 13.7 Å². The fraction of sp³-hybridized carbons (Fsp3) is 0.179. The lowest BCUT2D eigenvalue weighted by molar-refractivity contribution is -0.142. The first-order valence-corrected chi connectivity index (χ1v) is 11.5. The Labute approximate surface area is 214 Å². The molecule has 0 spiro atoms. The van der Waals surface area contributed by atoms with E-state index in [2.05, 4.69) is 45.8 Å². The van der Waals surface area contributed by atoms with Gasteiger partial charge in [-0.1, -0.05) is 12.1 Å². The van der Waals surface area contributed by atoms with Crippen LogP contribution in [0.3, 0.4) is 0 Å². The number of hydrogen-bond donors (Lipinski definition) is 1. The second-order valence-electron chi connectivity index (χ2n) is 8.14. The molecule has 0 bridgehead atoms. The molecule has 1 amide bonds. The van der Waals surface area contributed by atoms with Gasteiger partial charge in [0.05, 0.1) is 13.3 Å². The van der Waals surface area contributed by atoms with Gasteiger partial charge >= 0.3 is 11.9 Å². The normalized spacial score (nSPS) is 10.9. The van der Waals surface area contributed by atoms with Crippen molar-refractivity contribution in [3.05, 3.63) is 101 Å². The minimum absolute atomic E-state index is 0.111. The van der Waals surface area contributed by atoms with Crippen LogP contribution in [-0.2, 0) is 16.1 Å². The van der Waals surface area contributed by atoms with E-state index in [1.165, 1.54) is 13.3 Å². The van der Waals surface area contributed by atoms with E-state index >= 15 is 0 Å². The van der Waals surface area contributed by atoms with E-state index in [0.29, 0.717) is 22.8 Å². The smallest absolute Gasteiger partial charge is 0.343 e. The highest BCUT2D eigenvalue weighted by Crippen LogP contribution is 2.21. The third-order valence-corrected chi connectivity index (χ3v) is 5.45. The molecule has 190 valence electrons. The Hall–Kier alpha value is -4.79. The van der Waals surface area contributed by atoms with Gasteiger partial charge in [0.25, 0.3) is 0 Å². The highest BCUT2D eigenvalue weighted by molar-refractivity contribution is 5.92. The number of nitrogens with zero attached hydrogens (tertiary/aromatic N) is 2. The SMILES string of the molecule is COC(=O)COc1cccc(/C=N/NC(=O)c2ccc(COc3ccc(-n4c(C)ccc4C)cc3)o2)c1. The van der Waals surface area contributed by atoms with Gasteiger partial charge in [-0.3, -0.25) is 4.79 Å². The summed E-state index contributed by atoms with van der Waals surface area (Å²) in [6.45, 7) is 4.11. The maximum absolute atomic E-state index is 12.4. The molecule has 0 atom stereocenters. The van der Waals surface area contributed by atoms with E-state index in [-0.39, 0.29) is 19.0 Å². The lowest BCUT2D eigenvalue weighted by Crippen LogP contribution is -2.16. The van der Waals surface area contributed by atoms with Crippen LogP contribution in [0.5, 0.6) is 11.5 Å². The van der Waals surface area contributed by atoms with E-state index in [1.807, 2.05) is 24.3 Å². The third-order valence-electron chi connectivity index (χ3n) is 5.45. The first-order valence-electron chi connectivity index (χ1n) is 11.5. The Bertz CT molecular complexity index is 1380. The molecule has 0 aliphatic heterocycles. The predicted octanol–water partition coefficient (Wildman–Crippen LogP) is 4.58. The Morgan fingerprint density at radius 2 is 1.70 bits per heavy atom. The topological polar surface area (TPSA) is 104 Å². The summed E-state index contributed by atoms with van der Waals surface area (Å²) in [6, 6.07) is 22.1. The molecule has 9 nitrogen and oxygen atoms in total. The number of carbonyl (C=O) groups excluding carboxylic acids is 2. The lowest BCUT2D eigenvalue weighted by Gasteiger charge is -2.10. The Morgan fingerprint density at radius 1 is 0.946 bits per heavy atom. The molecule has 0 saturated heterocycles. The van der Waals surface area contributed by atoms with Crippen LogP contribution in [0, 0.1) is 13.8 Å². The number of amides is 1. The zero-order chi connectivity index (χ0) is 26.2. The summed E-state index contributed by atoms with van der Waals surface area (Å²) in [4.78, 5) is 23.6. The van der Waals surface area contributed by atoms with E-state index < -0.39 is 11.9 Å². The van der Waals surface area contributed by atoms with E-state index in [9.17, 15) is 9.59 Å². The van der Waals surface area contributed by atoms with Crippen molar-refractivity contribution in [2.24, 2.45) is 5.10 Å². The molecule has 2 aromatic carbocycles. The maximum atomic E-state index is 12.4. The minimum Gasteiger partial charge on any atom is -0.486 e. The number of rotatable bonds is 10. The summed E-state index contributed by atoms with van der Waals surface area (Å²) in [5.74, 6) is 0.801.